The molecule has 6 heteroatoms. The van der Waals surface area contributed by atoms with Crippen LogP contribution in [-0.2, 0) is 17.7 Å². The van der Waals surface area contributed by atoms with E-state index in [0.717, 1.165) is 27.7 Å². The first kappa shape index (κ1) is 20.3. The molecule has 0 aliphatic rings. The van der Waals surface area contributed by atoms with E-state index in [0.29, 0.717) is 25.3 Å². The lowest BCUT2D eigenvalue weighted by atomic mass is 10.0. The van der Waals surface area contributed by atoms with Crippen molar-refractivity contribution >= 4 is 17.5 Å². The van der Waals surface area contributed by atoms with Crippen LogP contribution in [0, 0.1) is 13.8 Å². The van der Waals surface area contributed by atoms with Crippen LogP contribution >= 0.6 is 11.8 Å². The van der Waals surface area contributed by atoms with Crippen molar-refractivity contribution < 1.29 is 9.53 Å². The molecule has 0 unspecified atom stereocenters. The number of aryl methyl sites for hydroxylation is 2. The first-order chi connectivity index (χ1) is 13.6. The van der Waals surface area contributed by atoms with Gasteiger partial charge in [0.25, 0.3) is 0 Å². The van der Waals surface area contributed by atoms with Crippen molar-refractivity contribution in [2.24, 2.45) is 0 Å². The van der Waals surface area contributed by atoms with E-state index in [1.165, 1.54) is 17.3 Å². The summed E-state index contributed by atoms with van der Waals surface area (Å²) >= 11 is 1.43. The number of carbonyl (C=O) groups is 1. The van der Waals surface area contributed by atoms with Gasteiger partial charge in [-0.3, -0.25) is 4.79 Å². The Bertz CT molecular complexity index is 938. The van der Waals surface area contributed by atoms with Gasteiger partial charge in [-0.25, -0.2) is 0 Å². The van der Waals surface area contributed by atoms with Gasteiger partial charge in [0.1, 0.15) is 5.82 Å². The highest BCUT2D eigenvalue weighted by Crippen LogP contribution is 2.21. The molecule has 0 N–H and O–H groups in total. The number of carbonyl (C=O) groups excluding carboxylic acids is 1. The van der Waals surface area contributed by atoms with Gasteiger partial charge in [0, 0.05) is 25.6 Å². The van der Waals surface area contributed by atoms with Gasteiger partial charge in [0.15, 0.2) is 10.9 Å². The van der Waals surface area contributed by atoms with Crippen molar-refractivity contribution in [2.75, 3.05) is 19.5 Å². The average molecular weight is 396 g/mol. The summed E-state index contributed by atoms with van der Waals surface area (Å²) in [5.74, 6) is 1.32. The topological polar surface area (TPSA) is 57.0 Å². The first-order valence-corrected chi connectivity index (χ1v) is 10.2. The van der Waals surface area contributed by atoms with Gasteiger partial charge in [-0.15, -0.1) is 10.2 Å². The number of benzene rings is 2. The molecule has 146 valence electrons. The molecule has 0 bridgehead atoms. The standard InChI is InChI=1S/C22H25N3O2S/c1-16-9-10-19(17(2)13-16)20(26)15-28-22-24-23-21(25(22)11-12-27-3)14-18-7-5-4-6-8-18/h4-10,13H,11-12,14-15H2,1-3H3. The highest BCUT2D eigenvalue weighted by molar-refractivity contribution is 7.99. The van der Waals surface area contributed by atoms with Gasteiger partial charge in [0.05, 0.1) is 12.4 Å². The first-order valence-electron chi connectivity index (χ1n) is 9.26. The molecule has 0 atom stereocenters. The fraction of sp³-hybridized carbons (Fsp3) is 0.318. The molecule has 0 fully saturated rings. The van der Waals surface area contributed by atoms with E-state index in [1.54, 1.807) is 7.11 Å². The van der Waals surface area contributed by atoms with Gasteiger partial charge in [-0.2, -0.15) is 0 Å². The van der Waals surface area contributed by atoms with E-state index in [-0.39, 0.29) is 5.78 Å². The SMILES string of the molecule is COCCn1c(Cc2ccccc2)nnc1SCC(=O)c1ccc(C)cc1C. The molecule has 0 aliphatic carbocycles. The predicted octanol–water partition coefficient (Wildman–Crippen LogP) is 4.11. The molecular formula is C22H25N3O2S. The van der Waals surface area contributed by atoms with Crippen LogP contribution in [0.5, 0.6) is 0 Å². The van der Waals surface area contributed by atoms with Crippen LogP contribution in [0.4, 0.5) is 0 Å². The minimum atomic E-state index is 0.105. The Hall–Kier alpha value is -2.44. The molecule has 28 heavy (non-hydrogen) atoms. The second-order valence-corrected chi connectivity index (χ2v) is 7.68. The minimum absolute atomic E-state index is 0.105. The number of methoxy groups -OCH3 is 1. The van der Waals surface area contributed by atoms with Crippen molar-refractivity contribution in [3.05, 3.63) is 76.6 Å². The summed E-state index contributed by atoms with van der Waals surface area (Å²) < 4.78 is 7.30. The lowest BCUT2D eigenvalue weighted by Crippen LogP contribution is -2.11. The maximum Gasteiger partial charge on any atom is 0.191 e. The van der Waals surface area contributed by atoms with Crippen molar-refractivity contribution in [1.82, 2.24) is 14.8 Å². The zero-order valence-electron chi connectivity index (χ0n) is 16.5. The van der Waals surface area contributed by atoms with Crippen molar-refractivity contribution in [3.63, 3.8) is 0 Å². The molecule has 0 spiro atoms. The quantitative estimate of drug-likeness (QED) is 0.403. The van der Waals surface area contributed by atoms with Gasteiger partial charge in [0.2, 0.25) is 0 Å². The number of nitrogens with zero attached hydrogens (tertiary/aromatic N) is 3. The van der Waals surface area contributed by atoms with Gasteiger partial charge < -0.3 is 9.30 Å². The highest BCUT2D eigenvalue weighted by atomic mass is 32.2. The van der Waals surface area contributed by atoms with Crippen LogP contribution in [-0.4, -0.2) is 40.0 Å². The molecule has 0 amide bonds. The van der Waals surface area contributed by atoms with Crippen LogP contribution < -0.4 is 0 Å². The molecule has 3 aromatic rings. The molecule has 5 nitrogen and oxygen atoms in total. The second-order valence-electron chi connectivity index (χ2n) is 6.74. The molecule has 2 aromatic carbocycles. The lowest BCUT2D eigenvalue weighted by molar-refractivity contribution is 0.102. The second kappa shape index (κ2) is 9.66. The number of rotatable bonds is 9. The fourth-order valence-electron chi connectivity index (χ4n) is 3.08. The zero-order chi connectivity index (χ0) is 19.9. The van der Waals surface area contributed by atoms with E-state index in [2.05, 4.69) is 26.9 Å². The Morgan fingerprint density at radius 1 is 1.11 bits per heavy atom. The zero-order valence-corrected chi connectivity index (χ0v) is 17.3. The summed E-state index contributed by atoms with van der Waals surface area (Å²) in [5, 5.41) is 9.46. The molecule has 0 aliphatic heterocycles. The smallest absolute Gasteiger partial charge is 0.191 e. The predicted molar refractivity (Wildman–Crippen MR) is 112 cm³/mol. The van der Waals surface area contributed by atoms with E-state index in [9.17, 15) is 4.79 Å². The Kier molecular flexibility index (Phi) is 7.01. The van der Waals surface area contributed by atoms with Crippen molar-refractivity contribution in [2.45, 2.75) is 32.0 Å². The fourth-order valence-corrected chi connectivity index (χ4v) is 3.94. The third-order valence-electron chi connectivity index (χ3n) is 4.53. The van der Waals surface area contributed by atoms with Gasteiger partial charge in [-0.1, -0.05) is 65.9 Å². The Labute approximate surface area is 170 Å². The number of hydrogen-bond donors (Lipinski definition) is 0. The molecular weight excluding hydrogens is 370 g/mol. The normalized spacial score (nSPS) is 11.0. The van der Waals surface area contributed by atoms with Crippen LogP contribution in [0.3, 0.4) is 0 Å². The molecule has 0 radical (unpaired) electrons. The summed E-state index contributed by atoms with van der Waals surface area (Å²) in [6.45, 7) is 5.23. The number of thioether (sulfide) groups is 1. The Morgan fingerprint density at radius 3 is 2.61 bits per heavy atom. The van der Waals surface area contributed by atoms with Crippen LogP contribution in [0.15, 0.2) is 53.7 Å². The minimum Gasteiger partial charge on any atom is -0.383 e. The molecule has 1 heterocycles. The molecule has 0 saturated carbocycles. The van der Waals surface area contributed by atoms with E-state index < -0.39 is 0 Å². The van der Waals surface area contributed by atoms with Crippen LogP contribution in [0.1, 0.15) is 32.9 Å². The Balaban J connectivity index is 1.74. The monoisotopic (exact) mass is 395 g/mol. The number of Topliss-reactive ketones (excluding diaryl/α,β-unsaturated/α-hetero) is 1. The van der Waals surface area contributed by atoms with E-state index in [4.69, 9.17) is 4.74 Å². The highest BCUT2D eigenvalue weighted by Gasteiger charge is 2.16. The number of aromatic nitrogens is 3. The summed E-state index contributed by atoms with van der Waals surface area (Å²) in [7, 11) is 1.68. The number of ketones is 1. The van der Waals surface area contributed by atoms with Crippen LogP contribution in [0.25, 0.3) is 0 Å². The van der Waals surface area contributed by atoms with Crippen molar-refractivity contribution in [1.29, 1.82) is 0 Å². The molecule has 3 rings (SSSR count). The van der Waals surface area contributed by atoms with E-state index in [1.807, 2.05) is 50.2 Å². The third-order valence-corrected chi connectivity index (χ3v) is 5.50. The largest absolute Gasteiger partial charge is 0.383 e. The average Bonchev–Trinajstić information content (AvgIpc) is 3.06. The van der Waals surface area contributed by atoms with Gasteiger partial charge in [-0.05, 0) is 25.0 Å². The lowest BCUT2D eigenvalue weighted by Gasteiger charge is -2.10. The maximum atomic E-state index is 12.7. The van der Waals surface area contributed by atoms with Gasteiger partial charge >= 0.3 is 0 Å². The molecule has 0 saturated heterocycles. The summed E-state index contributed by atoms with van der Waals surface area (Å²) in [6, 6.07) is 16.1. The van der Waals surface area contributed by atoms with E-state index >= 15 is 0 Å². The Morgan fingerprint density at radius 2 is 1.89 bits per heavy atom. The third kappa shape index (κ3) is 5.09. The number of ether oxygens (including phenoxy) is 1. The summed E-state index contributed by atoms with van der Waals surface area (Å²) in [5.41, 5.74) is 4.12. The summed E-state index contributed by atoms with van der Waals surface area (Å²) in [6.07, 6.45) is 0.698. The summed E-state index contributed by atoms with van der Waals surface area (Å²) in [4.78, 5) is 12.7. The maximum absolute atomic E-state index is 12.7. The number of hydrogen-bond acceptors (Lipinski definition) is 5. The van der Waals surface area contributed by atoms with Crippen LogP contribution in [0.2, 0.25) is 0 Å². The molecule has 1 aromatic heterocycles. The van der Waals surface area contributed by atoms with Crippen molar-refractivity contribution in [3.8, 4) is 0 Å².